The second-order valence-corrected chi connectivity index (χ2v) is 8.12. The van der Waals surface area contributed by atoms with E-state index in [0.29, 0.717) is 39.2 Å². The Kier molecular flexibility index (Phi) is 4.94. The lowest BCUT2D eigenvalue weighted by molar-refractivity contribution is -0.147. The Morgan fingerprint density at radius 3 is 2.74 bits per heavy atom. The average Bonchev–Trinajstić information content (AvgIpc) is 3.16. The molecule has 8 nitrogen and oxygen atoms in total. The summed E-state index contributed by atoms with van der Waals surface area (Å²) in [5.74, 6) is 1.05. The van der Waals surface area contributed by atoms with Gasteiger partial charge in [-0.3, -0.25) is 9.59 Å². The summed E-state index contributed by atoms with van der Waals surface area (Å²) in [6, 6.07) is 0. The van der Waals surface area contributed by atoms with Crippen LogP contribution in [0, 0.1) is 19.3 Å². The van der Waals surface area contributed by atoms with Crippen molar-refractivity contribution in [3.63, 3.8) is 0 Å². The normalized spacial score (nSPS) is 25.4. The van der Waals surface area contributed by atoms with Crippen LogP contribution in [0.1, 0.15) is 36.3 Å². The van der Waals surface area contributed by atoms with Crippen LogP contribution in [-0.4, -0.2) is 72.2 Å². The number of piperidine rings is 1. The van der Waals surface area contributed by atoms with Crippen molar-refractivity contribution in [2.75, 3.05) is 39.3 Å². The highest BCUT2D eigenvalue weighted by Gasteiger charge is 2.46. The van der Waals surface area contributed by atoms with Gasteiger partial charge in [0.05, 0.1) is 18.8 Å². The molecular weight excluding hydrogens is 348 g/mol. The van der Waals surface area contributed by atoms with Gasteiger partial charge in [0, 0.05) is 50.1 Å². The maximum atomic E-state index is 12.6. The van der Waals surface area contributed by atoms with Gasteiger partial charge in [-0.15, -0.1) is 0 Å². The molecule has 0 unspecified atom stereocenters. The molecule has 1 aromatic heterocycles. The molecule has 3 aliphatic heterocycles. The van der Waals surface area contributed by atoms with Crippen molar-refractivity contribution >= 4 is 11.8 Å². The van der Waals surface area contributed by atoms with Gasteiger partial charge in [-0.05, 0) is 26.7 Å². The molecule has 0 radical (unpaired) electrons. The molecule has 27 heavy (non-hydrogen) atoms. The highest BCUT2D eigenvalue weighted by molar-refractivity contribution is 5.82. The number of carbonyl (C=O) groups excluding carboxylic acids is 2. The van der Waals surface area contributed by atoms with Crippen LogP contribution in [-0.2, 0) is 20.9 Å². The van der Waals surface area contributed by atoms with Crippen LogP contribution in [0.2, 0.25) is 0 Å². The molecule has 8 heteroatoms. The molecule has 3 fully saturated rings. The van der Waals surface area contributed by atoms with E-state index in [9.17, 15) is 9.59 Å². The van der Waals surface area contributed by atoms with Crippen molar-refractivity contribution in [2.24, 2.45) is 5.41 Å². The Balaban J connectivity index is 1.35. The fourth-order valence-electron chi connectivity index (χ4n) is 4.51. The predicted octanol–water partition coefficient (Wildman–Crippen LogP) is 0.621. The van der Waals surface area contributed by atoms with E-state index in [1.165, 1.54) is 0 Å². The number of nitrogens with zero attached hydrogens (tertiary/aromatic N) is 3. The van der Waals surface area contributed by atoms with Crippen molar-refractivity contribution in [1.82, 2.24) is 20.3 Å². The summed E-state index contributed by atoms with van der Waals surface area (Å²) in [5, 5.41) is 7.20. The summed E-state index contributed by atoms with van der Waals surface area (Å²) in [7, 11) is 0. The second-order valence-electron chi connectivity index (χ2n) is 8.12. The fourth-order valence-corrected chi connectivity index (χ4v) is 4.51. The summed E-state index contributed by atoms with van der Waals surface area (Å²) < 4.78 is 10.8. The number of hydrogen-bond donors (Lipinski definition) is 1. The zero-order chi connectivity index (χ0) is 19.0. The largest absolute Gasteiger partial charge is 0.366 e. The summed E-state index contributed by atoms with van der Waals surface area (Å²) >= 11 is 0. The van der Waals surface area contributed by atoms with E-state index >= 15 is 0 Å². The van der Waals surface area contributed by atoms with E-state index in [-0.39, 0.29) is 23.3 Å². The first-order valence-corrected chi connectivity index (χ1v) is 9.78. The molecule has 3 aliphatic rings. The quantitative estimate of drug-likeness (QED) is 0.832. The Hall–Kier alpha value is -1.93. The molecule has 1 atom stereocenters. The first-order chi connectivity index (χ1) is 13.0. The van der Waals surface area contributed by atoms with Gasteiger partial charge in [-0.2, -0.15) is 0 Å². The Morgan fingerprint density at radius 2 is 2.11 bits per heavy atom. The lowest BCUT2D eigenvalue weighted by atomic mass is 9.77. The number of hydrogen-bond acceptors (Lipinski definition) is 6. The summed E-state index contributed by atoms with van der Waals surface area (Å²) in [6.45, 7) is 8.48. The lowest BCUT2D eigenvalue weighted by Crippen LogP contribution is -2.52. The monoisotopic (exact) mass is 376 g/mol. The summed E-state index contributed by atoms with van der Waals surface area (Å²) in [4.78, 5) is 29.1. The topological polar surface area (TPSA) is 87.9 Å². The standard InChI is InChI=1S/C19H28N4O4/c1-13-15(14(2)27-21-13)11-23-12-19(9-17(23)24)3-6-22(7-4-19)18(25)16-10-20-5-8-26-16/h16,20H,3-12H2,1-2H3/t16-/m0/s1. The molecule has 4 rings (SSSR count). The summed E-state index contributed by atoms with van der Waals surface area (Å²) in [5.41, 5.74) is 1.84. The van der Waals surface area contributed by atoms with Gasteiger partial charge < -0.3 is 24.4 Å². The minimum Gasteiger partial charge on any atom is -0.366 e. The fraction of sp³-hybridized carbons (Fsp3) is 0.737. The second kappa shape index (κ2) is 7.24. The molecule has 0 aromatic carbocycles. The van der Waals surface area contributed by atoms with Gasteiger partial charge in [-0.25, -0.2) is 0 Å². The van der Waals surface area contributed by atoms with Crippen LogP contribution in [0.4, 0.5) is 0 Å². The maximum absolute atomic E-state index is 12.6. The molecule has 1 spiro atoms. The minimum atomic E-state index is -0.367. The third kappa shape index (κ3) is 3.60. The molecule has 1 aromatic rings. The van der Waals surface area contributed by atoms with E-state index in [4.69, 9.17) is 9.26 Å². The van der Waals surface area contributed by atoms with Crippen LogP contribution >= 0.6 is 0 Å². The van der Waals surface area contributed by atoms with Crippen molar-refractivity contribution in [2.45, 2.75) is 45.8 Å². The van der Waals surface area contributed by atoms with Crippen LogP contribution in [0.5, 0.6) is 0 Å². The van der Waals surface area contributed by atoms with Gasteiger partial charge in [0.15, 0.2) is 0 Å². The smallest absolute Gasteiger partial charge is 0.253 e. The molecule has 0 aliphatic carbocycles. The van der Waals surface area contributed by atoms with Gasteiger partial charge in [-0.1, -0.05) is 5.16 Å². The summed E-state index contributed by atoms with van der Waals surface area (Å²) in [6.07, 6.45) is 1.93. The lowest BCUT2D eigenvalue weighted by Gasteiger charge is -2.40. The number of carbonyl (C=O) groups is 2. The first-order valence-electron chi connectivity index (χ1n) is 9.78. The minimum absolute atomic E-state index is 0.0154. The average molecular weight is 376 g/mol. The van der Waals surface area contributed by atoms with Crippen molar-refractivity contribution in [3.8, 4) is 0 Å². The third-order valence-corrected chi connectivity index (χ3v) is 6.27. The maximum Gasteiger partial charge on any atom is 0.253 e. The SMILES string of the molecule is Cc1noc(C)c1CN1CC2(CCN(C(=O)[C@@H]3CNCCO3)CC2)CC1=O. The molecular formula is C19H28N4O4. The Bertz CT molecular complexity index is 698. The first kappa shape index (κ1) is 18.4. The molecule has 3 saturated heterocycles. The van der Waals surface area contributed by atoms with Crippen molar-refractivity contribution < 1.29 is 18.8 Å². The zero-order valence-corrected chi connectivity index (χ0v) is 16.1. The molecule has 0 saturated carbocycles. The molecule has 0 bridgehead atoms. The third-order valence-electron chi connectivity index (χ3n) is 6.27. The highest BCUT2D eigenvalue weighted by atomic mass is 16.5. The number of rotatable bonds is 3. The van der Waals surface area contributed by atoms with E-state index in [2.05, 4.69) is 10.5 Å². The van der Waals surface area contributed by atoms with Gasteiger partial charge in [0.25, 0.3) is 5.91 Å². The van der Waals surface area contributed by atoms with Crippen LogP contribution in [0.3, 0.4) is 0 Å². The van der Waals surface area contributed by atoms with Crippen molar-refractivity contribution in [3.05, 3.63) is 17.0 Å². The molecule has 148 valence electrons. The van der Waals surface area contributed by atoms with Crippen LogP contribution in [0.15, 0.2) is 4.52 Å². The Labute approximate surface area is 159 Å². The highest BCUT2D eigenvalue weighted by Crippen LogP contribution is 2.41. The van der Waals surface area contributed by atoms with E-state index < -0.39 is 0 Å². The Morgan fingerprint density at radius 1 is 1.33 bits per heavy atom. The molecule has 2 amide bonds. The predicted molar refractivity (Wildman–Crippen MR) is 96.9 cm³/mol. The van der Waals surface area contributed by atoms with Crippen LogP contribution < -0.4 is 5.32 Å². The van der Waals surface area contributed by atoms with E-state index in [1.54, 1.807) is 0 Å². The number of aryl methyl sites for hydroxylation is 2. The number of amides is 2. The molecule has 1 N–H and O–H groups in total. The zero-order valence-electron chi connectivity index (χ0n) is 16.1. The van der Waals surface area contributed by atoms with Gasteiger partial charge in [0.2, 0.25) is 5.91 Å². The number of ether oxygens (including phenoxy) is 1. The number of morpholine rings is 1. The number of nitrogens with one attached hydrogen (secondary N) is 1. The van der Waals surface area contributed by atoms with E-state index in [0.717, 1.165) is 42.9 Å². The van der Waals surface area contributed by atoms with Gasteiger partial charge in [0.1, 0.15) is 11.9 Å². The van der Waals surface area contributed by atoms with Crippen molar-refractivity contribution in [1.29, 1.82) is 0 Å². The van der Waals surface area contributed by atoms with Crippen LogP contribution in [0.25, 0.3) is 0 Å². The molecule has 4 heterocycles. The number of aromatic nitrogens is 1. The van der Waals surface area contributed by atoms with E-state index in [1.807, 2.05) is 23.6 Å². The van der Waals surface area contributed by atoms with Gasteiger partial charge >= 0.3 is 0 Å². The number of likely N-dealkylation sites (tertiary alicyclic amines) is 2.